The Morgan fingerprint density at radius 1 is 1.46 bits per heavy atom. The molecular formula is C8H6ClN3S. The van der Waals surface area contributed by atoms with Gasteiger partial charge in [-0.1, -0.05) is 17.7 Å². The van der Waals surface area contributed by atoms with E-state index < -0.39 is 0 Å². The largest absolute Gasteiger partial charge is 0.396 e. The topological polar surface area (TPSA) is 51.8 Å². The van der Waals surface area contributed by atoms with Crippen LogP contribution in [0.15, 0.2) is 23.7 Å². The van der Waals surface area contributed by atoms with E-state index in [0.29, 0.717) is 5.69 Å². The van der Waals surface area contributed by atoms with Crippen molar-refractivity contribution in [1.29, 1.82) is 0 Å². The zero-order valence-corrected chi connectivity index (χ0v) is 8.14. The molecule has 0 radical (unpaired) electrons. The second kappa shape index (κ2) is 3.32. The van der Waals surface area contributed by atoms with Crippen molar-refractivity contribution in [2.24, 2.45) is 0 Å². The van der Waals surface area contributed by atoms with Crippen LogP contribution in [0.5, 0.6) is 0 Å². The highest BCUT2D eigenvalue weighted by Gasteiger charge is 2.07. The quantitative estimate of drug-likeness (QED) is 0.788. The molecule has 2 aromatic heterocycles. The highest BCUT2D eigenvalue weighted by molar-refractivity contribution is 7.13. The highest BCUT2D eigenvalue weighted by atomic mass is 35.5. The molecule has 66 valence electrons. The van der Waals surface area contributed by atoms with Crippen LogP contribution < -0.4 is 5.73 Å². The van der Waals surface area contributed by atoms with E-state index in [1.54, 1.807) is 17.5 Å². The van der Waals surface area contributed by atoms with E-state index in [2.05, 4.69) is 10.2 Å². The second-order valence-corrected chi connectivity index (χ2v) is 3.75. The van der Waals surface area contributed by atoms with Gasteiger partial charge in [0.15, 0.2) is 5.15 Å². The normalized spacial score (nSPS) is 10.2. The van der Waals surface area contributed by atoms with Crippen LogP contribution >= 0.6 is 22.9 Å². The highest BCUT2D eigenvalue weighted by Crippen LogP contribution is 2.31. The van der Waals surface area contributed by atoms with Crippen LogP contribution in [0.2, 0.25) is 5.15 Å². The Morgan fingerprint density at radius 3 is 3.00 bits per heavy atom. The van der Waals surface area contributed by atoms with E-state index in [1.807, 2.05) is 17.5 Å². The van der Waals surface area contributed by atoms with E-state index in [0.717, 1.165) is 10.4 Å². The van der Waals surface area contributed by atoms with Gasteiger partial charge in [0.25, 0.3) is 0 Å². The molecule has 0 amide bonds. The third-order valence-electron chi connectivity index (χ3n) is 1.63. The lowest BCUT2D eigenvalue weighted by molar-refractivity contribution is 1.04. The molecular weight excluding hydrogens is 206 g/mol. The lowest BCUT2D eigenvalue weighted by Gasteiger charge is -2.01. The standard InChI is InChI=1S/C8H6ClN3S/c9-8-7(10)5(4-11-12-8)6-2-1-3-13-6/h1-4H,(H2,10,11). The number of nitrogens with two attached hydrogens (primary N) is 1. The van der Waals surface area contributed by atoms with E-state index in [4.69, 9.17) is 17.3 Å². The fourth-order valence-electron chi connectivity index (χ4n) is 1.000. The van der Waals surface area contributed by atoms with Crippen molar-refractivity contribution in [3.8, 4) is 10.4 Å². The van der Waals surface area contributed by atoms with Crippen molar-refractivity contribution in [3.63, 3.8) is 0 Å². The molecule has 2 aromatic rings. The first-order valence-corrected chi connectivity index (χ1v) is 4.85. The number of halogens is 1. The third kappa shape index (κ3) is 1.50. The molecule has 2 rings (SSSR count). The second-order valence-electron chi connectivity index (χ2n) is 2.44. The predicted molar refractivity (Wildman–Crippen MR) is 54.8 cm³/mol. The molecule has 0 saturated carbocycles. The van der Waals surface area contributed by atoms with Gasteiger partial charge >= 0.3 is 0 Å². The molecule has 2 N–H and O–H groups in total. The smallest absolute Gasteiger partial charge is 0.175 e. The average molecular weight is 212 g/mol. The van der Waals surface area contributed by atoms with Gasteiger partial charge in [-0.05, 0) is 11.4 Å². The van der Waals surface area contributed by atoms with Crippen LogP contribution in [0.1, 0.15) is 0 Å². The summed E-state index contributed by atoms with van der Waals surface area (Å²) < 4.78 is 0. The molecule has 0 fully saturated rings. The van der Waals surface area contributed by atoms with Gasteiger partial charge in [0.2, 0.25) is 0 Å². The summed E-state index contributed by atoms with van der Waals surface area (Å²) in [5.41, 5.74) is 7.07. The van der Waals surface area contributed by atoms with Crippen LogP contribution in [0, 0.1) is 0 Å². The first kappa shape index (κ1) is 8.47. The Labute approximate surface area is 84.2 Å². The lowest BCUT2D eigenvalue weighted by Crippen LogP contribution is -1.94. The van der Waals surface area contributed by atoms with Gasteiger partial charge in [-0.15, -0.1) is 16.4 Å². The summed E-state index contributed by atoms with van der Waals surface area (Å²) in [6.07, 6.45) is 1.62. The van der Waals surface area contributed by atoms with Gasteiger partial charge in [0.05, 0.1) is 11.9 Å². The van der Waals surface area contributed by atoms with E-state index >= 15 is 0 Å². The molecule has 0 unspecified atom stereocenters. The number of hydrogen-bond donors (Lipinski definition) is 1. The third-order valence-corrected chi connectivity index (χ3v) is 2.81. The van der Waals surface area contributed by atoms with Crippen molar-refractivity contribution in [2.45, 2.75) is 0 Å². The summed E-state index contributed by atoms with van der Waals surface area (Å²) in [7, 11) is 0. The number of nitrogen functional groups attached to an aromatic ring is 1. The van der Waals surface area contributed by atoms with Crippen molar-refractivity contribution in [1.82, 2.24) is 10.2 Å². The minimum absolute atomic E-state index is 0.255. The maximum atomic E-state index is 5.75. The maximum absolute atomic E-state index is 5.75. The van der Waals surface area contributed by atoms with Gasteiger partial charge in [0, 0.05) is 10.4 Å². The summed E-state index contributed by atoms with van der Waals surface area (Å²) in [5.74, 6) is 0. The van der Waals surface area contributed by atoms with Crippen LogP contribution in [0.4, 0.5) is 5.69 Å². The van der Waals surface area contributed by atoms with E-state index in [9.17, 15) is 0 Å². The van der Waals surface area contributed by atoms with Crippen molar-refractivity contribution in [3.05, 3.63) is 28.9 Å². The average Bonchev–Trinajstić information content (AvgIpc) is 2.62. The SMILES string of the molecule is Nc1c(-c2cccs2)cnnc1Cl. The molecule has 0 aromatic carbocycles. The van der Waals surface area contributed by atoms with Crippen LogP contribution in [-0.2, 0) is 0 Å². The van der Waals surface area contributed by atoms with Gasteiger partial charge in [-0.3, -0.25) is 0 Å². The number of hydrogen-bond acceptors (Lipinski definition) is 4. The minimum atomic E-state index is 0.255. The van der Waals surface area contributed by atoms with Crippen molar-refractivity contribution < 1.29 is 0 Å². The summed E-state index contributed by atoms with van der Waals surface area (Å²) in [4.78, 5) is 1.05. The van der Waals surface area contributed by atoms with Gasteiger partial charge in [-0.2, -0.15) is 5.10 Å². The van der Waals surface area contributed by atoms with Crippen LogP contribution in [0.3, 0.4) is 0 Å². The fourth-order valence-corrected chi connectivity index (χ4v) is 1.90. The Kier molecular flexibility index (Phi) is 2.16. The van der Waals surface area contributed by atoms with Gasteiger partial charge in [-0.25, -0.2) is 0 Å². The van der Waals surface area contributed by atoms with Gasteiger partial charge < -0.3 is 5.73 Å². The molecule has 2 heterocycles. The molecule has 0 spiro atoms. The Balaban J connectivity index is 2.59. The fraction of sp³-hybridized carbons (Fsp3) is 0. The molecule has 0 aliphatic carbocycles. The zero-order valence-electron chi connectivity index (χ0n) is 6.57. The molecule has 0 aliphatic rings. The first-order valence-electron chi connectivity index (χ1n) is 3.59. The van der Waals surface area contributed by atoms with E-state index in [1.165, 1.54) is 0 Å². The number of nitrogens with zero attached hydrogens (tertiary/aromatic N) is 2. The van der Waals surface area contributed by atoms with Crippen LogP contribution in [-0.4, -0.2) is 10.2 Å². The zero-order chi connectivity index (χ0) is 9.26. The van der Waals surface area contributed by atoms with Crippen molar-refractivity contribution >= 4 is 28.6 Å². The summed E-state index contributed by atoms with van der Waals surface area (Å²) in [5, 5.41) is 9.62. The molecule has 0 bridgehead atoms. The Morgan fingerprint density at radius 2 is 2.31 bits per heavy atom. The Hall–Kier alpha value is -1.13. The van der Waals surface area contributed by atoms with Crippen molar-refractivity contribution in [2.75, 3.05) is 5.73 Å². The number of thiophene rings is 1. The van der Waals surface area contributed by atoms with Gasteiger partial charge in [0.1, 0.15) is 0 Å². The van der Waals surface area contributed by atoms with Crippen LogP contribution in [0.25, 0.3) is 10.4 Å². The molecule has 0 aliphatic heterocycles. The predicted octanol–water partition coefficient (Wildman–Crippen LogP) is 2.44. The summed E-state index contributed by atoms with van der Waals surface area (Å²) >= 11 is 7.33. The molecule has 5 heteroatoms. The lowest BCUT2D eigenvalue weighted by atomic mass is 10.2. The maximum Gasteiger partial charge on any atom is 0.175 e. The van der Waals surface area contributed by atoms with E-state index in [-0.39, 0.29) is 5.15 Å². The first-order chi connectivity index (χ1) is 6.29. The summed E-state index contributed by atoms with van der Waals surface area (Å²) in [6, 6.07) is 3.92. The minimum Gasteiger partial charge on any atom is -0.396 e. The Bertz CT molecular complexity index is 413. The number of aromatic nitrogens is 2. The summed E-state index contributed by atoms with van der Waals surface area (Å²) in [6.45, 7) is 0. The molecule has 3 nitrogen and oxygen atoms in total. The number of rotatable bonds is 1. The molecule has 13 heavy (non-hydrogen) atoms. The molecule has 0 saturated heterocycles. The number of anilines is 1. The molecule has 0 atom stereocenters. The monoisotopic (exact) mass is 211 g/mol.